The molecular formula is C16H17BrN2O. The minimum Gasteiger partial charge on any atom is -0.378 e. The third kappa shape index (κ3) is 3.20. The van der Waals surface area contributed by atoms with Crippen molar-refractivity contribution >= 4 is 33.2 Å². The Kier molecular flexibility index (Phi) is 4.45. The summed E-state index contributed by atoms with van der Waals surface area (Å²) in [6.45, 7) is 1.99. The zero-order chi connectivity index (χ0) is 14.7. The van der Waals surface area contributed by atoms with Crippen molar-refractivity contribution in [2.24, 2.45) is 0 Å². The fourth-order valence-electron chi connectivity index (χ4n) is 1.90. The Balaban J connectivity index is 2.22. The van der Waals surface area contributed by atoms with E-state index >= 15 is 0 Å². The van der Waals surface area contributed by atoms with E-state index in [1.165, 1.54) is 0 Å². The van der Waals surface area contributed by atoms with Crippen molar-refractivity contribution in [2.45, 2.75) is 6.92 Å². The van der Waals surface area contributed by atoms with Gasteiger partial charge in [0.2, 0.25) is 0 Å². The molecule has 2 rings (SSSR count). The van der Waals surface area contributed by atoms with Crippen LogP contribution in [0.15, 0.2) is 46.9 Å². The topological polar surface area (TPSA) is 32.3 Å². The van der Waals surface area contributed by atoms with Gasteiger partial charge in [-0.25, -0.2) is 0 Å². The van der Waals surface area contributed by atoms with Gasteiger partial charge >= 0.3 is 0 Å². The maximum absolute atomic E-state index is 12.3. The molecule has 0 spiro atoms. The number of carbonyl (C=O) groups excluding carboxylic acids is 1. The predicted octanol–water partition coefficient (Wildman–Crippen LogP) is 4.08. The van der Waals surface area contributed by atoms with Gasteiger partial charge in [-0.1, -0.05) is 12.1 Å². The molecule has 0 atom stereocenters. The highest BCUT2D eigenvalue weighted by molar-refractivity contribution is 9.10. The highest BCUT2D eigenvalue weighted by atomic mass is 79.9. The number of benzene rings is 2. The van der Waals surface area contributed by atoms with Crippen LogP contribution in [0.25, 0.3) is 0 Å². The largest absolute Gasteiger partial charge is 0.378 e. The Bertz CT molecular complexity index is 638. The van der Waals surface area contributed by atoms with Crippen LogP contribution in [0.1, 0.15) is 15.9 Å². The summed E-state index contributed by atoms with van der Waals surface area (Å²) in [6.07, 6.45) is 0. The molecule has 1 N–H and O–H groups in total. The molecule has 1 amide bonds. The standard InChI is InChI=1S/C16H17BrN2O/c1-11-10-12(19(2)3)8-9-15(11)18-16(20)13-6-4-5-7-14(13)17/h4-10H,1-3H3,(H,18,20). The van der Waals surface area contributed by atoms with Crippen LogP contribution in [0, 0.1) is 6.92 Å². The third-order valence-corrected chi connectivity index (χ3v) is 3.78. The Morgan fingerprint density at radius 3 is 2.45 bits per heavy atom. The van der Waals surface area contributed by atoms with E-state index in [1.807, 2.05) is 56.3 Å². The molecule has 0 radical (unpaired) electrons. The first-order valence-corrected chi connectivity index (χ1v) is 7.12. The van der Waals surface area contributed by atoms with Gasteiger partial charge in [-0.3, -0.25) is 4.79 Å². The maximum atomic E-state index is 12.3. The van der Waals surface area contributed by atoms with E-state index in [-0.39, 0.29) is 5.91 Å². The molecule has 0 saturated carbocycles. The quantitative estimate of drug-likeness (QED) is 0.918. The zero-order valence-electron chi connectivity index (χ0n) is 11.8. The third-order valence-electron chi connectivity index (χ3n) is 3.09. The number of carbonyl (C=O) groups is 1. The fourth-order valence-corrected chi connectivity index (χ4v) is 2.37. The zero-order valence-corrected chi connectivity index (χ0v) is 13.4. The van der Waals surface area contributed by atoms with Gasteiger partial charge in [-0.05, 0) is 58.7 Å². The second-order valence-corrected chi connectivity index (χ2v) is 5.68. The highest BCUT2D eigenvalue weighted by Gasteiger charge is 2.11. The number of halogens is 1. The molecule has 0 unspecified atom stereocenters. The van der Waals surface area contributed by atoms with Crippen molar-refractivity contribution < 1.29 is 4.79 Å². The molecule has 0 aliphatic heterocycles. The average molecular weight is 333 g/mol. The summed E-state index contributed by atoms with van der Waals surface area (Å²) < 4.78 is 0.792. The minimum absolute atomic E-state index is 0.113. The number of aryl methyl sites for hydroxylation is 1. The van der Waals surface area contributed by atoms with Crippen LogP contribution in [0.4, 0.5) is 11.4 Å². The summed E-state index contributed by atoms with van der Waals surface area (Å²) >= 11 is 3.39. The van der Waals surface area contributed by atoms with Gasteiger partial charge in [0.1, 0.15) is 0 Å². The van der Waals surface area contributed by atoms with E-state index in [2.05, 4.69) is 27.3 Å². The van der Waals surface area contributed by atoms with Crippen LogP contribution in [-0.4, -0.2) is 20.0 Å². The van der Waals surface area contributed by atoms with Crippen LogP contribution in [0.5, 0.6) is 0 Å². The molecule has 104 valence electrons. The van der Waals surface area contributed by atoms with Crippen LogP contribution < -0.4 is 10.2 Å². The maximum Gasteiger partial charge on any atom is 0.256 e. The Morgan fingerprint density at radius 2 is 1.85 bits per heavy atom. The van der Waals surface area contributed by atoms with Crippen molar-refractivity contribution in [3.63, 3.8) is 0 Å². The van der Waals surface area contributed by atoms with Crippen molar-refractivity contribution in [1.29, 1.82) is 0 Å². The molecule has 0 aromatic heterocycles. The van der Waals surface area contributed by atoms with Gasteiger partial charge in [0.15, 0.2) is 0 Å². The van der Waals surface area contributed by atoms with Crippen LogP contribution >= 0.6 is 15.9 Å². The lowest BCUT2D eigenvalue weighted by molar-refractivity contribution is 0.102. The van der Waals surface area contributed by atoms with E-state index in [1.54, 1.807) is 6.07 Å². The summed E-state index contributed by atoms with van der Waals surface area (Å²) in [5, 5.41) is 2.95. The molecule has 2 aromatic rings. The van der Waals surface area contributed by atoms with Gasteiger partial charge < -0.3 is 10.2 Å². The number of hydrogen-bond acceptors (Lipinski definition) is 2. The summed E-state index contributed by atoms with van der Waals surface area (Å²) in [4.78, 5) is 14.3. The first kappa shape index (κ1) is 14.6. The number of nitrogens with zero attached hydrogens (tertiary/aromatic N) is 1. The lowest BCUT2D eigenvalue weighted by Crippen LogP contribution is -2.14. The minimum atomic E-state index is -0.113. The van der Waals surface area contributed by atoms with Gasteiger partial charge in [0.25, 0.3) is 5.91 Å². The lowest BCUT2D eigenvalue weighted by atomic mass is 10.1. The van der Waals surface area contributed by atoms with E-state index in [4.69, 9.17) is 0 Å². The Hall–Kier alpha value is -1.81. The molecule has 0 aliphatic rings. The summed E-state index contributed by atoms with van der Waals surface area (Å²) in [7, 11) is 3.99. The molecule has 0 saturated heterocycles. The molecule has 0 heterocycles. The summed E-state index contributed by atoms with van der Waals surface area (Å²) in [5.74, 6) is -0.113. The van der Waals surface area contributed by atoms with E-state index < -0.39 is 0 Å². The van der Waals surface area contributed by atoms with E-state index in [9.17, 15) is 4.79 Å². The average Bonchev–Trinajstić information content (AvgIpc) is 2.41. The van der Waals surface area contributed by atoms with Gasteiger partial charge in [-0.15, -0.1) is 0 Å². The van der Waals surface area contributed by atoms with Gasteiger partial charge in [0.05, 0.1) is 5.56 Å². The second kappa shape index (κ2) is 6.09. The van der Waals surface area contributed by atoms with Crippen molar-refractivity contribution in [1.82, 2.24) is 0 Å². The van der Waals surface area contributed by atoms with Crippen LogP contribution in [0.3, 0.4) is 0 Å². The van der Waals surface area contributed by atoms with Crippen molar-refractivity contribution in [2.75, 3.05) is 24.3 Å². The number of amides is 1. The predicted molar refractivity (Wildman–Crippen MR) is 87.6 cm³/mol. The molecule has 3 nitrogen and oxygen atoms in total. The fraction of sp³-hybridized carbons (Fsp3) is 0.188. The van der Waals surface area contributed by atoms with Gasteiger partial charge in [-0.2, -0.15) is 0 Å². The van der Waals surface area contributed by atoms with Crippen molar-refractivity contribution in [3.8, 4) is 0 Å². The van der Waals surface area contributed by atoms with Crippen LogP contribution in [-0.2, 0) is 0 Å². The molecule has 0 aliphatic carbocycles. The smallest absolute Gasteiger partial charge is 0.256 e. The highest BCUT2D eigenvalue weighted by Crippen LogP contribution is 2.23. The first-order valence-electron chi connectivity index (χ1n) is 6.33. The molecule has 0 bridgehead atoms. The molecule has 2 aromatic carbocycles. The Labute approximate surface area is 127 Å². The normalized spacial score (nSPS) is 10.2. The van der Waals surface area contributed by atoms with Crippen molar-refractivity contribution in [3.05, 3.63) is 58.1 Å². The van der Waals surface area contributed by atoms with Crippen LogP contribution in [0.2, 0.25) is 0 Å². The molecular weight excluding hydrogens is 316 g/mol. The molecule has 0 fully saturated rings. The SMILES string of the molecule is Cc1cc(N(C)C)ccc1NC(=O)c1ccccc1Br. The van der Waals surface area contributed by atoms with Gasteiger partial charge in [0, 0.05) is 29.9 Å². The Morgan fingerprint density at radius 1 is 1.15 bits per heavy atom. The second-order valence-electron chi connectivity index (χ2n) is 4.83. The molecule has 4 heteroatoms. The number of hydrogen-bond donors (Lipinski definition) is 1. The monoisotopic (exact) mass is 332 g/mol. The van der Waals surface area contributed by atoms with E-state index in [0.717, 1.165) is 21.4 Å². The number of rotatable bonds is 3. The molecule has 20 heavy (non-hydrogen) atoms. The van der Waals surface area contributed by atoms with E-state index in [0.29, 0.717) is 5.56 Å². The number of anilines is 2. The number of nitrogens with one attached hydrogen (secondary N) is 1. The summed E-state index contributed by atoms with van der Waals surface area (Å²) in [6, 6.07) is 13.4. The summed E-state index contributed by atoms with van der Waals surface area (Å²) in [5.41, 5.74) is 3.61. The lowest BCUT2D eigenvalue weighted by Gasteiger charge is -2.15. The first-order chi connectivity index (χ1) is 9.49.